The minimum Gasteiger partial charge on any atom is -0.366 e. The van der Waals surface area contributed by atoms with Crippen LogP contribution in [0, 0.1) is 5.82 Å². The number of para-hydroxylation sites is 1. The Morgan fingerprint density at radius 3 is 2.36 bits per heavy atom. The number of rotatable bonds is 4. The number of hydrogen-bond donors (Lipinski definition) is 0. The normalized spacial score (nSPS) is 15.8. The van der Waals surface area contributed by atoms with Crippen LogP contribution in [-0.4, -0.2) is 37.4 Å². The van der Waals surface area contributed by atoms with Crippen molar-refractivity contribution in [3.63, 3.8) is 0 Å². The second-order valence-electron chi connectivity index (χ2n) is 5.54. The smallest absolute Gasteiger partial charge is 0.152 e. The SMILES string of the molecule is O=Cc1cccc(F)c1N1CCN(Cc2ccccc2)CC1. The van der Waals surface area contributed by atoms with Gasteiger partial charge in [-0.3, -0.25) is 9.69 Å². The molecule has 22 heavy (non-hydrogen) atoms. The summed E-state index contributed by atoms with van der Waals surface area (Å²) in [5, 5.41) is 0. The molecule has 0 atom stereocenters. The maximum absolute atomic E-state index is 14.1. The number of halogens is 1. The fourth-order valence-electron chi connectivity index (χ4n) is 2.93. The van der Waals surface area contributed by atoms with Crippen molar-refractivity contribution in [2.75, 3.05) is 31.1 Å². The predicted molar refractivity (Wildman–Crippen MR) is 85.7 cm³/mol. The molecule has 2 aromatic carbocycles. The van der Waals surface area contributed by atoms with Gasteiger partial charge in [0.05, 0.1) is 5.69 Å². The summed E-state index contributed by atoms with van der Waals surface area (Å²) >= 11 is 0. The lowest BCUT2D eigenvalue weighted by Crippen LogP contribution is -2.46. The minimum absolute atomic E-state index is 0.318. The van der Waals surface area contributed by atoms with Gasteiger partial charge >= 0.3 is 0 Å². The topological polar surface area (TPSA) is 23.6 Å². The predicted octanol–water partition coefficient (Wildman–Crippen LogP) is 2.96. The number of nitrogens with zero attached hydrogens (tertiary/aromatic N) is 2. The van der Waals surface area contributed by atoms with Gasteiger partial charge < -0.3 is 4.90 Å². The van der Waals surface area contributed by atoms with Crippen LogP contribution in [0.5, 0.6) is 0 Å². The van der Waals surface area contributed by atoms with Crippen LogP contribution >= 0.6 is 0 Å². The summed E-state index contributed by atoms with van der Waals surface area (Å²) in [5.41, 5.74) is 2.16. The number of carbonyl (C=O) groups is 1. The molecule has 1 saturated heterocycles. The van der Waals surface area contributed by atoms with Crippen LogP contribution in [-0.2, 0) is 6.54 Å². The lowest BCUT2D eigenvalue weighted by Gasteiger charge is -2.36. The van der Waals surface area contributed by atoms with Gasteiger partial charge in [0.1, 0.15) is 5.82 Å². The van der Waals surface area contributed by atoms with Crippen LogP contribution in [0.1, 0.15) is 15.9 Å². The molecule has 0 aromatic heterocycles. The molecular weight excluding hydrogens is 279 g/mol. The number of anilines is 1. The molecule has 1 fully saturated rings. The van der Waals surface area contributed by atoms with E-state index in [1.54, 1.807) is 12.1 Å². The van der Waals surface area contributed by atoms with E-state index in [0.717, 1.165) is 39.0 Å². The first kappa shape index (κ1) is 14.7. The summed E-state index contributed by atoms with van der Waals surface area (Å²) in [6.07, 6.45) is 0.731. The highest BCUT2D eigenvalue weighted by atomic mass is 19.1. The molecule has 1 heterocycles. The van der Waals surface area contributed by atoms with Gasteiger partial charge in [-0.15, -0.1) is 0 Å². The fourth-order valence-corrected chi connectivity index (χ4v) is 2.93. The highest BCUT2D eigenvalue weighted by Crippen LogP contribution is 2.24. The maximum Gasteiger partial charge on any atom is 0.152 e. The fraction of sp³-hybridized carbons (Fsp3) is 0.278. The summed E-state index contributed by atoms with van der Waals surface area (Å²) in [6.45, 7) is 4.10. The quantitative estimate of drug-likeness (QED) is 0.811. The van der Waals surface area contributed by atoms with Crippen LogP contribution in [0.4, 0.5) is 10.1 Å². The molecule has 0 spiro atoms. The van der Waals surface area contributed by atoms with Crippen molar-refractivity contribution < 1.29 is 9.18 Å². The van der Waals surface area contributed by atoms with Crippen LogP contribution in [0.15, 0.2) is 48.5 Å². The van der Waals surface area contributed by atoms with Crippen LogP contribution in [0.2, 0.25) is 0 Å². The Morgan fingerprint density at radius 2 is 1.68 bits per heavy atom. The lowest BCUT2D eigenvalue weighted by molar-refractivity contribution is 0.112. The molecule has 0 radical (unpaired) electrons. The highest BCUT2D eigenvalue weighted by Gasteiger charge is 2.21. The zero-order chi connectivity index (χ0) is 15.4. The summed E-state index contributed by atoms with van der Waals surface area (Å²) in [7, 11) is 0. The molecule has 0 saturated carbocycles. The number of carbonyl (C=O) groups excluding carboxylic acids is 1. The number of hydrogen-bond acceptors (Lipinski definition) is 3. The van der Waals surface area contributed by atoms with E-state index in [4.69, 9.17) is 0 Å². The largest absolute Gasteiger partial charge is 0.366 e. The Bertz CT molecular complexity index is 637. The Labute approximate surface area is 130 Å². The van der Waals surface area contributed by atoms with E-state index in [9.17, 15) is 9.18 Å². The molecule has 0 aliphatic carbocycles. The van der Waals surface area contributed by atoms with Crippen molar-refractivity contribution in [3.05, 3.63) is 65.5 Å². The molecule has 0 N–H and O–H groups in total. The van der Waals surface area contributed by atoms with Gasteiger partial charge in [0.2, 0.25) is 0 Å². The van der Waals surface area contributed by atoms with Gasteiger partial charge in [-0.1, -0.05) is 36.4 Å². The Balaban J connectivity index is 1.66. The van der Waals surface area contributed by atoms with Gasteiger partial charge in [-0.2, -0.15) is 0 Å². The lowest BCUT2D eigenvalue weighted by atomic mass is 10.1. The third kappa shape index (κ3) is 3.17. The van der Waals surface area contributed by atoms with E-state index in [0.29, 0.717) is 11.3 Å². The number of piperazine rings is 1. The van der Waals surface area contributed by atoms with Gasteiger partial charge in [0, 0.05) is 38.3 Å². The molecule has 2 aromatic rings. The summed E-state index contributed by atoms with van der Waals surface area (Å²) in [6, 6.07) is 15.0. The van der Waals surface area contributed by atoms with E-state index < -0.39 is 0 Å². The minimum atomic E-state index is -0.318. The second kappa shape index (κ2) is 6.71. The van der Waals surface area contributed by atoms with Crippen molar-refractivity contribution in [2.45, 2.75) is 6.54 Å². The van der Waals surface area contributed by atoms with E-state index in [2.05, 4.69) is 17.0 Å². The van der Waals surface area contributed by atoms with Crippen molar-refractivity contribution >= 4 is 12.0 Å². The summed E-state index contributed by atoms with van der Waals surface area (Å²) in [4.78, 5) is 15.5. The molecule has 114 valence electrons. The Morgan fingerprint density at radius 1 is 0.955 bits per heavy atom. The van der Waals surface area contributed by atoms with Crippen molar-refractivity contribution in [1.82, 2.24) is 4.90 Å². The van der Waals surface area contributed by atoms with E-state index >= 15 is 0 Å². The molecule has 0 unspecified atom stereocenters. The zero-order valence-corrected chi connectivity index (χ0v) is 12.4. The molecule has 0 amide bonds. The van der Waals surface area contributed by atoms with Crippen LogP contribution in [0.3, 0.4) is 0 Å². The van der Waals surface area contributed by atoms with Gasteiger partial charge in [-0.05, 0) is 17.7 Å². The van der Waals surface area contributed by atoms with Crippen molar-refractivity contribution in [3.8, 4) is 0 Å². The molecule has 1 aliphatic rings. The van der Waals surface area contributed by atoms with Gasteiger partial charge in [-0.25, -0.2) is 4.39 Å². The Hall–Kier alpha value is -2.20. The molecule has 3 nitrogen and oxygen atoms in total. The molecule has 1 aliphatic heterocycles. The third-order valence-corrected chi connectivity index (χ3v) is 4.08. The average molecular weight is 298 g/mol. The van der Waals surface area contributed by atoms with Crippen molar-refractivity contribution in [2.24, 2.45) is 0 Å². The van der Waals surface area contributed by atoms with Crippen LogP contribution in [0.25, 0.3) is 0 Å². The molecular formula is C18H19FN2O. The monoisotopic (exact) mass is 298 g/mol. The van der Waals surface area contributed by atoms with E-state index in [-0.39, 0.29) is 5.82 Å². The van der Waals surface area contributed by atoms with E-state index in [1.165, 1.54) is 11.6 Å². The van der Waals surface area contributed by atoms with E-state index in [1.807, 2.05) is 23.1 Å². The second-order valence-corrected chi connectivity index (χ2v) is 5.54. The first-order chi connectivity index (χ1) is 10.8. The molecule has 3 rings (SSSR count). The Kier molecular flexibility index (Phi) is 4.49. The summed E-state index contributed by atoms with van der Waals surface area (Å²) < 4.78 is 14.1. The standard InChI is InChI=1S/C18H19FN2O/c19-17-8-4-7-16(14-22)18(17)21-11-9-20(10-12-21)13-15-5-2-1-3-6-15/h1-8,14H,9-13H2. The first-order valence-electron chi connectivity index (χ1n) is 7.53. The third-order valence-electron chi connectivity index (χ3n) is 4.08. The van der Waals surface area contributed by atoms with Crippen molar-refractivity contribution in [1.29, 1.82) is 0 Å². The van der Waals surface area contributed by atoms with Gasteiger partial charge in [0.25, 0.3) is 0 Å². The number of benzene rings is 2. The average Bonchev–Trinajstić information content (AvgIpc) is 2.56. The molecule has 0 bridgehead atoms. The van der Waals surface area contributed by atoms with Crippen LogP contribution < -0.4 is 4.90 Å². The molecule has 4 heteroatoms. The summed E-state index contributed by atoms with van der Waals surface area (Å²) in [5.74, 6) is -0.318. The highest BCUT2D eigenvalue weighted by molar-refractivity contribution is 5.84. The number of aldehydes is 1. The zero-order valence-electron chi connectivity index (χ0n) is 12.4. The maximum atomic E-state index is 14.1. The van der Waals surface area contributed by atoms with Gasteiger partial charge in [0.15, 0.2) is 6.29 Å². The first-order valence-corrected chi connectivity index (χ1v) is 7.53.